The summed E-state index contributed by atoms with van der Waals surface area (Å²) in [7, 11) is -2.37. The molecule has 2 N–H and O–H groups in total. The van der Waals surface area contributed by atoms with Crippen molar-refractivity contribution in [3.8, 4) is 0 Å². The van der Waals surface area contributed by atoms with Gasteiger partial charge in [-0.05, 0) is 17.2 Å². The van der Waals surface area contributed by atoms with E-state index >= 15 is 0 Å². The van der Waals surface area contributed by atoms with Crippen LogP contribution in [0.2, 0.25) is 0 Å². The molecule has 0 aliphatic rings. The molecule has 0 heterocycles. The first-order chi connectivity index (χ1) is 6.13. The first kappa shape index (κ1) is 10.7. The van der Waals surface area contributed by atoms with E-state index in [1.165, 1.54) is 0 Å². The van der Waals surface area contributed by atoms with Gasteiger partial charge < -0.3 is 5.73 Å². The largest absolute Gasteiger partial charge is 0.326 e. The van der Waals surface area contributed by atoms with E-state index in [2.05, 4.69) is 15.9 Å². The van der Waals surface area contributed by atoms with Crippen LogP contribution >= 0.6 is 15.9 Å². The lowest BCUT2D eigenvalue weighted by atomic mass is 10.1. The van der Waals surface area contributed by atoms with Gasteiger partial charge in [0, 0.05) is 11.0 Å². The zero-order chi connectivity index (χ0) is 9.84. The van der Waals surface area contributed by atoms with Crippen molar-refractivity contribution in [1.82, 2.24) is 0 Å². The highest BCUT2D eigenvalue weighted by Crippen LogP contribution is 2.19. The number of hydrogen-bond acceptors (Lipinski definition) is 3. The Labute approximate surface area is 87.0 Å². The summed E-state index contributed by atoms with van der Waals surface area (Å²) in [6, 6.07) is 5.45. The maximum Gasteiger partial charge on any atom is 0.144 e. The quantitative estimate of drug-likeness (QED) is 0.801. The molecule has 0 spiro atoms. The second-order valence-electron chi connectivity index (χ2n) is 2.62. The lowest BCUT2D eigenvalue weighted by Gasteiger charge is -2.02. The highest BCUT2D eigenvalue weighted by Gasteiger charge is 2.01. The summed E-state index contributed by atoms with van der Waals surface area (Å²) in [6.45, 7) is 0.461. The maximum absolute atomic E-state index is 10.5. The predicted octanol–water partition coefficient (Wildman–Crippen LogP) is 1.02. The van der Waals surface area contributed by atoms with Gasteiger partial charge in [-0.15, -0.1) is 0 Å². The first-order valence-electron chi connectivity index (χ1n) is 3.72. The van der Waals surface area contributed by atoms with Crippen molar-refractivity contribution in [1.29, 1.82) is 0 Å². The van der Waals surface area contributed by atoms with Crippen LogP contribution in [0.5, 0.6) is 0 Å². The predicted molar refractivity (Wildman–Crippen MR) is 56.1 cm³/mol. The minimum Gasteiger partial charge on any atom is -0.326 e. The number of halogens is 1. The fourth-order valence-corrected chi connectivity index (χ4v) is 2.32. The van der Waals surface area contributed by atoms with Crippen molar-refractivity contribution in [3.63, 3.8) is 0 Å². The van der Waals surface area contributed by atoms with Crippen LogP contribution in [0.25, 0.3) is 0 Å². The molecule has 0 aromatic heterocycles. The molecule has 0 saturated carbocycles. The zero-order valence-electron chi connectivity index (χ0n) is 6.87. The Bertz CT molecular complexity index is 368. The summed E-state index contributed by atoms with van der Waals surface area (Å²) in [5, 5.41) is 0. The zero-order valence-corrected chi connectivity index (χ0v) is 9.35. The van der Waals surface area contributed by atoms with Gasteiger partial charge in [0.1, 0.15) is 10.7 Å². The monoisotopic (exact) mass is 263 g/mol. The molecule has 1 aromatic carbocycles. The van der Waals surface area contributed by atoms with Crippen LogP contribution in [0, 0.1) is 0 Å². The molecule has 1 rings (SSSR count). The molecule has 0 saturated heterocycles. The van der Waals surface area contributed by atoms with Gasteiger partial charge in [-0.1, -0.05) is 28.1 Å². The molecule has 0 radical (unpaired) electrons. The van der Waals surface area contributed by atoms with Crippen molar-refractivity contribution in [2.45, 2.75) is 12.3 Å². The van der Waals surface area contributed by atoms with Gasteiger partial charge in [0.25, 0.3) is 0 Å². The summed E-state index contributed by atoms with van der Waals surface area (Å²) in [4.78, 5) is 0. The van der Waals surface area contributed by atoms with Crippen LogP contribution in [-0.4, -0.2) is 8.42 Å². The third-order valence-electron chi connectivity index (χ3n) is 1.65. The molecule has 0 bridgehead atoms. The van der Waals surface area contributed by atoms with Crippen molar-refractivity contribution in [2.24, 2.45) is 5.73 Å². The Hall–Kier alpha value is -0.390. The average Bonchev–Trinajstić information content (AvgIpc) is 2.08. The van der Waals surface area contributed by atoms with E-state index in [1.807, 2.05) is 12.1 Å². The summed E-state index contributed by atoms with van der Waals surface area (Å²) in [5.41, 5.74) is 7.18. The third kappa shape index (κ3) is 3.10. The Kier molecular flexibility index (Phi) is 3.90. The van der Waals surface area contributed by atoms with Gasteiger partial charge in [0.15, 0.2) is 0 Å². The van der Waals surface area contributed by atoms with E-state index in [9.17, 15) is 8.42 Å². The van der Waals surface area contributed by atoms with Crippen LogP contribution in [-0.2, 0) is 23.0 Å². The summed E-state index contributed by atoms with van der Waals surface area (Å²) >= 11 is 3.29. The van der Waals surface area contributed by atoms with Gasteiger partial charge in [-0.25, -0.2) is 8.42 Å². The van der Waals surface area contributed by atoms with Crippen LogP contribution in [0.3, 0.4) is 0 Å². The summed E-state index contributed by atoms with van der Waals surface area (Å²) < 4.78 is 21.7. The van der Waals surface area contributed by atoms with Crippen molar-refractivity contribution < 1.29 is 8.42 Å². The number of hydrogen-bond donors (Lipinski definition) is 2. The molecule has 0 fully saturated rings. The SMILES string of the molecule is NCc1ccc(C[SH](=O)=O)c(Br)c1. The molecular formula is C8H10BrNO2S. The molecule has 0 atom stereocenters. The summed E-state index contributed by atoms with van der Waals surface area (Å²) in [5.74, 6) is 0.0702. The standard InChI is InChI=1S/C8H10BrNO2S/c9-8-3-6(4-10)1-2-7(8)5-13(11)12/h1-3,13H,4-5,10H2. The minimum absolute atomic E-state index is 0.0702. The molecule has 0 aliphatic carbocycles. The van der Waals surface area contributed by atoms with Crippen LogP contribution < -0.4 is 5.73 Å². The van der Waals surface area contributed by atoms with Crippen molar-refractivity contribution in [3.05, 3.63) is 33.8 Å². The molecule has 0 unspecified atom stereocenters. The number of thiol groups is 1. The lowest BCUT2D eigenvalue weighted by molar-refractivity contribution is 0.614. The van der Waals surface area contributed by atoms with E-state index in [-0.39, 0.29) is 5.75 Å². The average molecular weight is 264 g/mol. The van der Waals surface area contributed by atoms with E-state index in [0.29, 0.717) is 6.54 Å². The third-order valence-corrected chi connectivity index (χ3v) is 2.99. The van der Waals surface area contributed by atoms with Crippen LogP contribution in [0.1, 0.15) is 11.1 Å². The number of nitrogens with two attached hydrogens (primary N) is 1. The minimum atomic E-state index is -2.37. The molecule has 5 heteroatoms. The second-order valence-corrected chi connectivity index (χ2v) is 4.46. The normalized spacial score (nSPS) is 10.7. The topological polar surface area (TPSA) is 60.2 Å². The molecule has 3 nitrogen and oxygen atoms in total. The van der Waals surface area contributed by atoms with Crippen molar-refractivity contribution in [2.75, 3.05) is 0 Å². The fourth-order valence-electron chi connectivity index (χ4n) is 0.985. The number of benzene rings is 1. The smallest absolute Gasteiger partial charge is 0.144 e. The first-order valence-corrected chi connectivity index (χ1v) is 5.88. The lowest BCUT2D eigenvalue weighted by Crippen LogP contribution is -1.97. The molecule has 0 aliphatic heterocycles. The Balaban J connectivity index is 2.98. The molecule has 1 aromatic rings. The van der Waals surface area contributed by atoms with Gasteiger partial charge in [-0.2, -0.15) is 0 Å². The van der Waals surface area contributed by atoms with E-state index in [4.69, 9.17) is 5.73 Å². The highest BCUT2D eigenvalue weighted by molar-refractivity contribution is 9.10. The van der Waals surface area contributed by atoms with Gasteiger partial charge in [-0.3, -0.25) is 0 Å². The number of rotatable bonds is 3. The van der Waals surface area contributed by atoms with Crippen LogP contribution in [0.4, 0.5) is 0 Å². The molecule has 0 amide bonds. The van der Waals surface area contributed by atoms with Crippen molar-refractivity contribution >= 4 is 26.6 Å². The second kappa shape index (κ2) is 4.74. The van der Waals surface area contributed by atoms with Gasteiger partial charge in [0.05, 0.1) is 5.75 Å². The molecule has 13 heavy (non-hydrogen) atoms. The Morgan fingerprint density at radius 2 is 2.08 bits per heavy atom. The van der Waals surface area contributed by atoms with E-state index in [1.54, 1.807) is 6.07 Å². The van der Waals surface area contributed by atoms with E-state index < -0.39 is 10.7 Å². The van der Waals surface area contributed by atoms with E-state index in [0.717, 1.165) is 15.6 Å². The molecule has 72 valence electrons. The highest BCUT2D eigenvalue weighted by atomic mass is 79.9. The Morgan fingerprint density at radius 3 is 2.54 bits per heavy atom. The van der Waals surface area contributed by atoms with Gasteiger partial charge in [0.2, 0.25) is 0 Å². The van der Waals surface area contributed by atoms with Gasteiger partial charge >= 0.3 is 0 Å². The fraction of sp³-hybridized carbons (Fsp3) is 0.250. The van der Waals surface area contributed by atoms with Crippen LogP contribution in [0.15, 0.2) is 22.7 Å². The summed E-state index contributed by atoms with van der Waals surface area (Å²) in [6.07, 6.45) is 0. The maximum atomic E-state index is 10.5. The molecular weight excluding hydrogens is 254 g/mol. The Morgan fingerprint density at radius 1 is 1.38 bits per heavy atom.